The first kappa shape index (κ1) is 15.0. The van der Waals surface area contributed by atoms with Gasteiger partial charge in [0.2, 0.25) is 10.0 Å². The maximum atomic E-state index is 12.4. The summed E-state index contributed by atoms with van der Waals surface area (Å²) in [4.78, 5) is 3.83. The minimum absolute atomic E-state index is 0.0543. The van der Waals surface area contributed by atoms with Crippen molar-refractivity contribution in [1.29, 1.82) is 0 Å². The number of methoxy groups -OCH3 is 1. The molecule has 0 aliphatic carbocycles. The van der Waals surface area contributed by atoms with Gasteiger partial charge in [0.25, 0.3) is 0 Å². The number of sulfonamides is 1. The summed E-state index contributed by atoms with van der Waals surface area (Å²) >= 11 is 11.5. The maximum absolute atomic E-state index is 12.4. The number of hydrogen-bond donors (Lipinski definition) is 0. The van der Waals surface area contributed by atoms with Crippen LogP contribution in [0.25, 0.3) is 0 Å². The molecule has 0 spiro atoms. The fraction of sp³-hybridized carbons (Fsp3) is 0.545. The van der Waals surface area contributed by atoms with Crippen LogP contribution >= 0.6 is 23.2 Å². The summed E-state index contributed by atoms with van der Waals surface area (Å²) in [5.41, 5.74) is 0. The normalized spacial score (nSPS) is 21.5. The van der Waals surface area contributed by atoms with E-state index in [0.29, 0.717) is 13.1 Å². The Labute approximate surface area is 122 Å². The molecule has 0 saturated carbocycles. The van der Waals surface area contributed by atoms with E-state index in [2.05, 4.69) is 4.98 Å². The summed E-state index contributed by atoms with van der Waals surface area (Å²) < 4.78 is 31.5. The van der Waals surface area contributed by atoms with Gasteiger partial charge in [-0.25, -0.2) is 13.4 Å². The van der Waals surface area contributed by atoms with Crippen molar-refractivity contribution in [2.75, 3.05) is 20.2 Å². The number of halogens is 2. The van der Waals surface area contributed by atoms with Gasteiger partial charge in [0.15, 0.2) is 0 Å². The zero-order valence-corrected chi connectivity index (χ0v) is 12.7. The van der Waals surface area contributed by atoms with Crippen molar-refractivity contribution in [1.82, 2.24) is 9.29 Å². The van der Waals surface area contributed by atoms with Crippen molar-refractivity contribution in [2.45, 2.75) is 23.8 Å². The third-order valence-electron chi connectivity index (χ3n) is 3.08. The second-order valence-corrected chi connectivity index (χ2v) is 7.01. The van der Waals surface area contributed by atoms with Crippen LogP contribution in [0.15, 0.2) is 17.2 Å². The summed E-state index contributed by atoms with van der Waals surface area (Å²) in [5, 5.41) is 0.220. The smallest absolute Gasteiger partial charge is 0.244 e. The van der Waals surface area contributed by atoms with Crippen LogP contribution in [0.1, 0.15) is 12.8 Å². The molecule has 0 radical (unpaired) electrons. The zero-order chi connectivity index (χ0) is 14.0. The molecule has 8 heteroatoms. The van der Waals surface area contributed by atoms with Crippen LogP contribution in [0.5, 0.6) is 0 Å². The molecule has 1 aromatic rings. The van der Waals surface area contributed by atoms with Gasteiger partial charge in [-0.2, -0.15) is 4.31 Å². The van der Waals surface area contributed by atoms with E-state index in [1.807, 2.05) is 0 Å². The molecule has 1 aliphatic heterocycles. The minimum Gasteiger partial charge on any atom is -0.380 e. The first-order chi connectivity index (χ1) is 8.95. The Morgan fingerprint density at radius 2 is 2.21 bits per heavy atom. The Morgan fingerprint density at radius 1 is 1.47 bits per heavy atom. The molecule has 19 heavy (non-hydrogen) atoms. The molecule has 106 valence electrons. The molecular formula is C11H14Cl2N2O3S. The molecule has 0 amide bonds. The van der Waals surface area contributed by atoms with Crippen molar-refractivity contribution in [2.24, 2.45) is 0 Å². The standard InChI is InChI=1S/C11H14Cl2N2O3S/c1-18-8-3-2-4-15(7-8)19(16,17)9-5-10(12)11(13)14-6-9/h5-6,8H,2-4,7H2,1H3. The van der Waals surface area contributed by atoms with Gasteiger partial charge in [-0.1, -0.05) is 23.2 Å². The van der Waals surface area contributed by atoms with E-state index < -0.39 is 10.0 Å². The van der Waals surface area contributed by atoms with Crippen LogP contribution in [0.3, 0.4) is 0 Å². The van der Waals surface area contributed by atoms with Crippen molar-refractivity contribution in [3.8, 4) is 0 Å². The van der Waals surface area contributed by atoms with Gasteiger partial charge < -0.3 is 4.74 Å². The second-order valence-electron chi connectivity index (χ2n) is 4.31. The molecule has 1 atom stereocenters. The fourth-order valence-corrected chi connectivity index (χ4v) is 3.83. The van der Waals surface area contributed by atoms with Gasteiger partial charge in [0.1, 0.15) is 10.0 Å². The van der Waals surface area contributed by atoms with E-state index in [4.69, 9.17) is 27.9 Å². The lowest BCUT2D eigenvalue weighted by Crippen LogP contribution is -2.42. The van der Waals surface area contributed by atoms with Crippen LogP contribution < -0.4 is 0 Å². The summed E-state index contributed by atoms with van der Waals surface area (Å²) in [6, 6.07) is 1.32. The summed E-state index contributed by atoms with van der Waals surface area (Å²) in [7, 11) is -2.01. The average Bonchev–Trinajstić information content (AvgIpc) is 2.41. The highest BCUT2D eigenvalue weighted by Gasteiger charge is 2.30. The topological polar surface area (TPSA) is 59.5 Å². The maximum Gasteiger partial charge on any atom is 0.244 e. The van der Waals surface area contributed by atoms with Gasteiger partial charge in [-0.15, -0.1) is 0 Å². The minimum atomic E-state index is -3.60. The van der Waals surface area contributed by atoms with Crippen LogP contribution in [-0.4, -0.2) is 44.0 Å². The number of hydrogen-bond acceptors (Lipinski definition) is 4. The van der Waals surface area contributed by atoms with Gasteiger partial charge in [0, 0.05) is 26.4 Å². The first-order valence-electron chi connectivity index (χ1n) is 5.79. The molecule has 1 aromatic heterocycles. The van der Waals surface area contributed by atoms with Crippen molar-refractivity contribution in [3.05, 3.63) is 22.4 Å². The van der Waals surface area contributed by atoms with Gasteiger partial charge >= 0.3 is 0 Å². The van der Waals surface area contributed by atoms with Crippen LogP contribution in [0, 0.1) is 0 Å². The second kappa shape index (κ2) is 5.93. The quantitative estimate of drug-likeness (QED) is 0.800. The molecule has 2 rings (SSSR count). The van der Waals surface area contributed by atoms with Crippen LogP contribution in [0.4, 0.5) is 0 Å². The van der Waals surface area contributed by atoms with Crippen LogP contribution in [0.2, 0.25) is 10.2 Å². The predicted octanol–water partition coefficient (Wildman–Crippen LogP) is 2.19. The van der Waals surface area contributed by atoms with Crippen molar-refractivity contribution < 1.29 is 13.2 Å². The molecule has 0 bridgehead atoms. The number of piperidine rings is 1. The third-order valence-corrected chi connectivity index (χ3v) is 5.60. The highest BCUT2D eigenvalue weighted by molar-refractivity contribution is 7.89. The number of nitrogens with zero attached hydrogens (tertiary/aromatic N) is 2. The molecule has 1 fully saturated rings. The largest absolute Gasteiger partial charge is 0.380 e. The lowest BCUT2D eigenvalue weighted by atomic mass is 10.1. The average molecular weight is 325 g/mol. The Balaban J connectivity index is 2.28. The van der Waals surface area contributed by atoms with E-state index >= 15 is 0 Å². The first-order valence-corrected chi connectivity index (χ1v) is 7.98. The predicted molar refractivity (Wildman–Crippen MR) is 73.0 cm³/mol. The van der Waals surface area contributed by atoms with E-state index in [1.165, 1.54) is 16.6 Å². The molecule has 1 unspecified atom stereocenters. The van der Waals surface area contributed by atoms with Gasteiger partial charge in [0.05, 0.1) is 11.1 Å². The van der Waals surface area contributed by atoms with E-state index in [-0.39, 0.29) is 21.2 Å². The Morgan fingerprint density at radius 3 is 2.84 bits per heavy atom. The SMILES string of the molecule is COC1CCCN(S(=O)(=O)c2cnc(Cl)c(Cl)c2)C1. The molecule has 0 N–H and O–H groups in total. The molecule has 1 saturated heterocycles. The van der Waals surface area contributed by atoms with Crippen molar-refractivity contribution >= 4 is 33.2 Å². The highest BCUT2D eigenvalue weighted by atomic mass is 35.5. The fourth-order valence-electron chi connectivity index (χ4n) is 2.01. The van der Waals surface area contributed by atoms with E-state index in [9.17, 15) is 8.42 Å². The Hall–Kier alpha value is -0.400. The highest BCUT2D eigenvalue weighted by Crippen LogP contribution is 2.26. The Kier molecular flexibility index (Phi) is 4.68. The zero-order valence-electron chi connectivity index (χ0n) is 10.3. The lowest BCUT2D eigenvalue weighted by Gasteiger charge is -2.30. The van der Waals surface area contributed by atoms with Crippen molar-refractivity contribution in [3.63, 3.8) is 0 Å². The number of aromatic nitrogens is 1. The van der Waals surface area contributed by atoms with Crippen LogP contribution in [-0.2, 0) is 14.8 Å². The Bertz CT molecular complexity index is 565. The molecule has 1 aliphatic rings. The summed E-state index contributed by atoms with van der Waals surface area (Å²) in [5.74, 6) is 0. The molecule has 2 heterocycles. The molecule has 5 nitrogen and oxygen atoms in total. The third kappa shape index (κ3) is 3.20. The monoisotopic (exact) mass is 324 g/mol. The number of pyridine rings is 1. The summed E-state index contributed by atoms with van der Waals surface area (Å²) in [6.07, 6.45) is 2.79. The van der Waals surface area contributed by atoms with E-state index in [0.717, 1.165) is 12.8 Å². The number of rotatable bonds is 3. The molecule has 0 aromatic carbocycles. The summed E-state index contributed by atoms with van der Waals surface area (Å²) in [6.45, 7) is 0.821. The van der Waals surface area contributed by atoms with E-state index in [1.54, 1.807) is 7.11 Å². The van der Waals surface area contributed by atoms with Gasteiger partial charge in [-0.3, -0.25) is 0 Å². The van der Waals surface area contributed by atoms with Gasteiger partial charge in [-0.05, 0) is 18.9 Å². The lowest BCUT2D eigenvalue weighted by molar-refractivity contribution is 0.0572. The molecular weight excluding hydrogens is 311 g/mol. The number of ether oxygens (including phenoxy) is 1.